The summed E-state index contributed by atoms with van der Waals surface area (Å²) in [6, 6.07) is 0.558. The molecule has 3 rings (SSSR count). The molecule has 0 aliphatic carbocycles. The zero-order valence-corrected chi connectivity index (χ0v) is 7.76. The van der Waals surface area contributed by atoms with E-state index in [9.17, 15) is 4.79 Å². The molecule has 1 amide bonds. The van der Waals surface area contributed by atoms with Crippen LogP contribution in [-0.4, -0.2) is 35.5 Å². The van der Waals surface area contributed by atoms with Gasteiger partial charge in [0.15, 0.2) is 0 Å². The smallest absolute Gasteiger partial charge is 0.242 e. The van der Waals surface area contributed by atoms with Crippen LogP contribution in [0, 0.1) is 0 Å². The van der Waals surface area contributed by atoms with E-state index in [1.165, 1.54) is 0 Å². The monoisotopic (exact) mass is 168 g/mol. The number of amides is 1. The average molecular weight is 168 g/mol. The highest BCUT2D eigenvalue weighted by Crippen LogP contribution is 2.22. The third kappa shape index (κ3) is 1.12. The number of fused-ring (bicyclic) bond motifs is 4. The molecule has 3 heterocycles. The summed E-state index contributed by atoms with van der Waals surface area (Å²) in [6.45, 7) is 5.85. The minimum atomic E-state index is -0.336. The van der Waals surface area contributed by atoms with Crippen molar-refractivity contribution in [3.8, 4) is 0 Å². The van der Waals surface area contributed by atoms with Crippen molar-refractivity contribution < 1.29 is 4.79 Å². The molecule has 2 bridgehead atoms. The number of carbonyl (C=O) groups excluding carboxylic acids is 1. The molecule has 0 aromatic carbocycles. The lowest BCUT2D eigenvalue weighted by atomic mass is 10.0. The van der Waals surface area contributed by atoms with E-state index in [-0.39, 0.29) is 11.4 Å². The molecule has 3 aliphatic rings. The van der Waals surface area contributed by atoms with Crippen LogP contribution in [0.25, 0.3) is 0 Å². The summed E-state index contributed by atoms with van der Waals surface area (Å²) in [5.41, 5.74) is -0.336. The Bertz CT molecular complexity index is 205. The van der Waals surface area contributed by atoms with Crippen molar-refractivity contribution in [1.82, 2.24) is 10.2 Å². The van der Waals surface area contributed by atoms with Gasteiger partial charge < -0.3 is 10.2 Å². The lowest BCUT2D eigenvalue weighted by molar-refractivity contribution is -0.135. The normalized spacial score (nSPS) is 29.2. The van der Waals surface area contributed by atoms with Crippen LogP contribution in [0.15, 0.2) is 0 Å². The van der Waals surface area contributed by atoms with Crippen LogP contribution in [0.5, 0.6) is 0 Å². The molecule has 3 nitrogen and oxygen atoms in total. The summed E-state index contributed by atoms with van der Waals surface area (Å²) in [5.74, 6) is 0.266. The third-order valence-corrected chi connectivity index (χ3v) is 2.88. The summed E-state index contributed by atoms with van der Waals surface area (Å²) >= 11 is 0. The van der Waals surface area contributed by atoms with Crippen molar-refractivity contribution in [2.45, 2.75) is 38.3 Å². The molecule has 0 spiro atoms. The van der Waals surface area contributed by atoms with Gasteiger partial charge in [0, 0.05) is 19.1 Å². The van der Waals surface area contributed by atoms with Crippen LogP contribution >= 0.6 is 0 Å². The van der Waals surface area contributed by atoms with Gasteiger partial charge in [0.2, 0.25) is 5.91 Å². The van der Waals surface area contributed by atoms with Gasteiger partial charge in [-0.15, -0.1) is 0 Å². The number of nitrogens with one attached hydrogen (secondary N) is 1. The first-order chi connectivity index (χ1) is 5.59. The van der Waals surface area contributed by atoms with Crippen LogP contribution in [0.4, 0.5) is 0 Å². The highest BCUT2D eigenvalue weighted by Gasteiger charge is 2.39. The van der Waals surface area contributed by atoms with E-state index in [1.807, 2.05) is 18.7 Å². The maximum atomic E-state index is 11.8. The summed E-state index contributed by atoms with van der Waals surface area (Å²) in [5, 5.41) is 3.41. The third-order valence-electron chi connectivity index (χ3n) is 2.88. The molecule has 0 radical (unpaired) electrons. The Kier molecular flexibility index (Phi) is 1.65. The standard InChI is InChI=1S/C9H16N2O/c1-9(2)8(12)11-5-3-7(10-9)4-6-11/h7,10H,3-6H2,1-2H3. The summed E-state index contributed by atoms with van der Waals surface area (Å²) in [6.07, 6.45) is 2.24. The Labute approximate surface area is 73.1 Å². The number of carbonyl (C=O) groups is 1. The lowest BCUT2D eigenvalue weighted by Gasteiger charge is -2.26. The van der Waals surface area contributed by atoms with Crippen molar-refractivity contribution >= 4 is 5.91 Å². The van der Waals surface area contributed by atoms with Crippen molar-refractivity contribution in [2.24, 2.45) is 0 Å². The lowest BCUT2D eigenvalue weighted by Crippen LogP contribution is -2.50. The molecule has 0 aromatic heterocycles. The first kappa shape index (κ1) is 8.05. The second-order valence-corrected chi connectivity index (χ2v) is 4.34. The number of hydrogen-bond donors (Lipinski definition) is 1. The van der Waals surface area contributed by atoms with Gasteiger partial charge in [0.05, 0.1) is 5.54 Å². The number of rotatable bonds is 0. The second kappa shape index (κ2) is 2.46. The first-order valence-electron chi connectivity index (χ1n) is 4.67. The molecule has 0 saturated carbocycles. The average Bonchev–Trinajstić information content (AvgIpc) is 2.18. The van der Waals surface area contributed by atoms with E-state index in [4.69, 9.17) is 0 Å². The molecule has 3 fully saturated rings. The molecule has 0 unspecified atom stereocenters. The molecule has 12 heavy (non-hydrogen) atoms. The van der Waals surface area contributed by atoms with E-state index in [2.05, 4.69) is 5.32 Å². The second-order valence-electron chi connectivity index (χ2n) is 4.34. The zero-order chi connectivity index (χ0) is 8.77. The predicted octanol–water partition coefficient (Wildman–Crippen LogP) is 0.359. The van der Waals surface area contributed by atoms with E-state index in [0.29, 0.717) is 6.04 Å². The van der Waals surface area contributed by atoms with E-state index in [0.717, 1.165) is 25.9 Å². The minimum absolute atomic E-state index is 0.266. The molecule has 0 atom stereocenters. The summed E-state index contributed by atoms with van der Waals surface area (Å²) < 4.78 is 0. The van der Waals surface area contributed by atoms with Crippen molar-refractivity contribution in [3.63, 3.8) is 0 Å². The van der Waals surface area contributed by atoms with E-state index in [1.54, 1.807) is 0 Å². The summed E-state index contributed by atoms with van der Waals surface area (Å²) in [4.78, 5) is 13.8. The van der Waals surface area contributed by atoms with Crippen LogP contribution in [0.1, 0.15) is 26.7 Å². The maximum absolute atomic E-state index is 11.8. The van der Waals surface area contributed by atoms with Gasteiger partial charge >= 0.3 is 0 Å². The fraction of sp³-hybridized carbons (Fsp3) is 0.889. The van der Waals surface area contributed by atoms with Crippen LogP contribution < -0.4 is 5.32 Å². The Morgan fingerprint density at radius 1 is 1.42 bits per heavy atom. The van der Waals surface area contributed by atoms with Gasteiger partial charge in [0.25, 0.3) is 0 Å². The van der Waals surface area contributed by atoms with Crippen molar-refractivity contribution in [1.29, 1.82) is 0 Å². The van der Waals surface area contributed by atoms with Crippen LogP contribution in [0.2, 0.25) is 0 Å². The van der Waals surface area contributed by atoms with Gasteiger partial charge in [-0.05, 0) is 26.7 Å². The predicted molar refractivity (Wildman–Crippen MR) is 46.8 cm³/mol. The van der Waals surface area contributed by atoms with Crippen LogP contribution in [-0.2, 0) is 4.79 Å². The zero-order valence-electron chi connectivity index (χ0n) is 7.76. The number of nitrogens with zero attached hydrogens (tertiary/aromatic N) is 1. The Morgan fingerprint density at radius 2 is 2.00 bits per heavy atom. The van der Waals surface area contributed by atoms with Gasteiger partial charge in [-0.25, -0.2) is 0 Å². The van der Waals surface area contributed by atoms with Crippen molar-refractivity contribution in [2.75, 3.05) is 13.1 Å². The SMILES string of the molecule is CC1(C)NC2CCN(CC2)C1=O. The molecule has 3 heteroatoms. The number of hydrogen-bond acceptors (Lipinski definition) is 2. The first-order valence-corrected chi connectivity index (χ1v) is 4.67. The van der Waals surface area contributed by atoms with E-state index >= 15 is 0 Å². The Hall–Kier alpha value is -0.570. The van der Waals surface area contributed by atoms with Gasteiger partial charge in [-0.1, -0.05) is 0 Å². The molecular formula is C9H16N2O. The maximum Gasteiger partial charge on any atom is 0.242 e. The van der Waals surface area contributed by atoms with Gasteiger partial charge in [-0.3, -0.25) is 4.79 Å². The molecule has 3 saturated heterocycles. The molecule has 68 valence electrons. The molecule has 0 aromatic rings. The molecule has 3 aliphatic heterocycles. The van der Waals surface area contributed by atoms with Crippen molar-refractivity contribution in [3.05, 3.63) is 0 Å². The highest BCUT2D eigenvalue weighted by atomic mass is 16.2. The molecule has 1 N–H and O–H groups in total. The topological polar surface area (TPSA) is 32.3 Å². The molecular weight excluding hydrogens is 152 g/mol. The van der Waals surface area contributed by atoms with Gasteiger partial charge in [-0.2, -0.15) is 0 Å². The number of piperidine rings is 1. The van der Waals surface area contributed by atoms with Crippen LogP contribution in [0.3, 0.4) is 0 Å². The fourth-order valence-corrected chi connectivity index (χ4v) is 2.19. The van der Waals surface area contributed by atoms with E-state index < -0.39 is 0 Å². The Balaban J connectivity index is 2.27. The fourth-order valence-electron chi connectivity index (χ4n) is 2.19. The minimum Gasteiger partial charge on any atom is -0.341 e. The van der Waals surface area contributed by atoms with Gasteiger partial charge in [0.1, 0.15) is 0 Å². The largest absolute Gasteiger partial charge is 0.341 e. The summed E-state index contributed by atoms with van der Waals surface area (Å²) in [7, 11) is 0. The Morgan fingerprint density at radius 3 is 2.58 bits per heavy atom. The highest BCUT2D eigenvalue weighted by molar-refractivity contribution is 5.86. The quantitative estimate of drug-likeness (QED) is 0.566.